The number of carbonyl (C=O) groups excluding carboxylic acids is 1. The van der Waals surface area contributed by atoms with Gasteiger partial charge in [0.05, 0.1) is 18.3 Å². The number of nitrogens with zero attached hydrogens (tertiary/aromatic N) is 3. The molecule has 0 unspecified atom stereocenters. The lowest BCUT2D eigenvalue weighted by molar-refractivity contribution is -0.121. The molecule has 1 N–H and O–H groups in total. The standard InChI is InChI=1S/C22H19ClN4O2/c1-13-9-20(18-12-17(29-3)7-8-19(18)24-13)26-27-14(2)25-21(22(27)28)11-15-5-4-6-16(23)10-15/h4-12H,1-3H3,(H,24,26). The van der Waals surface area contributed by atoms with Crippen molar-refractivity contribution < 1.29 is 9.53 Å². The van der Waals surface area contributed by atoms with Crippen molar-refractivity contribution in [3.8, 4) is 5.75 Å². The van der Waals surface area contributed by atoms with Crippen molar-refractivity contribution in [2.75, 3.05) is 12.5 Å². The van der Waals surface area contributed by atoms with Gasteiger partial charge in [-0.15, -0.1) is 0 Å². The van der Waals surface area contributed by atoms with E-state index in [-0.39, 0.29) is 5.91 Å². The normalized spacial score (nSPS) is 15.2. The zero-order chi connectivity index (χ0) is 20.5. The molecule has 0 spiro atoms. The molecule has 1 amide bonds. The quantitative estimate of drug-likeness (QED) is 0.630. The number of amides is 1. The van der Waals surface area contributed by atoms with Crippen LogP contribution in [0.5, 0.6) is 5.75 Å². The molecule has 0 saturated heterocycles. The first kappa shape index (κ1) is 19.0. The van der Waals surface area contributed by atoms with Gasteiger partial charge in [-0.05, 0) is 61.9 Å². The first-order chi connectivity index (χ1) is 13.9. The Hall–Kier alpha value is -3.38. The molecule has 4 rings (SSSR count). The van der Waals surface area contributed by atoms with E-state index in [0.717, 1.165) is 27.8 Å². The number of hydrogen-bond acceptors (Lipinski definition) is 5. The van der Waals surface area contributed by atoms with Crippen molar-refractivity contribution in [2.24, 2.45) is 4.99 Å². The molecule has 1 aliphatic heterocycles. The monoisotopic (exact) mass is 406 g/mol. The van der Waals surface area contributed by atoms with Crippen LogP contribution < -0.4 is 10.2 Å². The highest BCUT2D eigenvalue weighted by molar-refractivity contribution is 6.30. The number of nitrogens with one attached hydrogen (secondary N) is 1. The summed E-state index contributed by atoms with van der Waals surface area (Å²) in [6.07, 6.45) is 1.72. The number of hydrazine groups is 1. The topological polar surface area (TPSA) is 66.8 Å². The predicted octanol–water partition coefficient (Wildman–Crippen LogP) is 4.83. The summed E-state index contributed by atoms with van der Waals surface area (Å²) in [5.74, 6) is 1.02. The van der Waals surface area contributed by atoms with Gasteiger partial charge in [-0.3, -0.25) is 15.2 Å². The summed E-state index contributed by atoms with van der Waals surface area (Å²) >= 11 is 6.04. The minimum absolute atomic E-state index is 0.243. The lowest BCUT2D eigenvalue weighted by Crippen LogP contribution is -2.36. The average molecular weight is 407 g/mol. The molecular weight excluding hydrogens is 388 g/mol. The van der Waals surface area contributed by atoms with E-state index in [1.54, 1.807) is 32.2 Å². The van der Waals surface area contributed by atoms with Crippen LogP contribution in [0, 0.1) is 6.92 Å². The zero-order valence-electron chi connectivity index (χ0n) is 16.2. The Labute approximate surface area is 173 Å². The highest BCUT2D eigenvalue weighted by Gasteiger charge is 2.28. The number of rotatable bonds is 4. The third-order valence-corrected chi connectivity index (χ3v) is 4.79. The molecule has 2 heterocycles. The van der Waals surface area contributed by atoms with Crippen LogP contribution in [0.3, 0.4) is 0 Å². The Balaban J connectivity index is 1.68. The summed E-state index contributed by atoms with van der Waals surface area (Å²) in [5.41, 5.74) is 6.74. The van der Waals surface area contributed by atoms with E-state index in [2.05, 4.69) is 15.4 Å². The molecule has 1 aliphatic rings. The second-order valence-corrected chi connectivity index (χ2v) is 7.13. The van der Waals surface area contributed by atoms with Gasteiger partial charge in [-0.2, -0.15) is 0 Å². The number of carbonyl (C=O) groups is 1. The van der Waals surface area contributed by atoms with Crippen LogP contribution in [0.15, 0.2) is 59.2 Å². The van der Waals surface area contributed by atoms with Crippen molar-refractivity contribution in [3.05, 3.63) is 70.5 Å². The summed E-state index contributed by atoms with van der Waals surface area (Å²) in [7, 11) is 1.61. The van der Waals surface area contributed by atoms with Crippen molar-refractivity contribution >= 4 is 46.0 Å². The minimum Gasteiger partial charge on any atom is -0.497 e. The van der Waals surface area contributed by atoms with Gasteiger partial charge in [0.1, 0.15) is 17.3 Å². The van der Waals surface area contributed by atoms with Gasteiger partial charge in [0.2, 0.25) is 0 Å². The smallest absolute Gasteiger partial charge is 0.296 e. The fraction of sp³-hybridized carbons (Fsp3) is 0.136. The maximum absolute atomic E-state index is 13.0. The van der Waals surface area contributed by atoms with Crippen molar-refractivity contribution in [1.82, 2.24) is 9.99 Å². The molecule has 0 fully saturated rings. The van der Waals surface area contributed by atoms with E-state index in [9.17, 15) is 4.79 Å². The molecule has 29 heavy (non-hydrogen) atoms. The number of benzene rings is 2. The van der Waals surface area contributed by atoms with Crippen molar-refractivity contribution in [1.29, 1.82) is 0 Å². The molecular formula is C22H19ClN4O2. The number of anilines is 1. The molecule has 0 bridgehead atoms. The number of aryl methyl sites for hydroxylation is 1. The molecule has 0 radical (unpaired) electrons. The number of hydrogen-bond donors (Lipinski definition) is 1. The van der Waals surface area contributed by atoms with E-state index in [1.807, 2.05) is 43.3 Å². The molecule has 6 nitrogen and oxygen atoms in total. The first-order valence-electron chi connectivity index (χ1n) is 9.03. The maximum Gasteiger partial charge on any atom is 0.296 e. The Morgan fingerprint density at radius 1 is 1.14 bits per heavy atom. The zero-order valence-corrected chi connectivity index (χ0v) is 17.0. The van der Waals surface area contributed by atoms with Crippen LogP contribution >= 0.6 is 11.6 Å². The maximum atomic E-state index is 13.0. The molecule has 7 heteroatoms. The second kappa shape index (κ2) is 7.56. The Morgan fingerprint density at radius 2 is 1.97 bits per heavy atom. The number of pyridine rings is 1. The number of aromatic nitrogens is 1. The fourth-order valence-corrected chi connectivity index (χ4v) is 3.39. The SMILES string of the molecule is COc1ccc2nc(C)cc(NN3C(=O)C(=Cc4cccc(Cl)c4)N=C3C)c2c1. The number of methoxy groups -OCH3 is 1. The number of aliphatic imine (C=N–C) groups is 1. The van der Waals surface area contributed by atoms with Crippen LogP contribution in [0.4, 0.5) is 5.69 Å². The van der Waals surface area contributed by atoms with Crippen LogP contribution in [0.2, 0.25) is 5.02 Å². The Morgan fingerprint density at radius 3 is 2.72 bits per heavy atom. The number of fused-ring (bicyclic) bond motifs is 1. The second-order valence-electron chi connectivity index (χ2n) is 6.69. The summed E-state index contributed by atoms with van der Waals surface area (Å²) in [5, 5.41) is 2.89. The van der Waals surface area contributed by atoms with Gasteiger partial charge >= 0.3 is 0 Å². The molecule has 0 saturated carbocycles. The van der Waals surface area contributed by atoms with Crippen LogP contribution in [-0.2, 0) is 4.79 Å². The summed E-state index contributed by atoms with van der Waals surface area (Å²) < 4.78 is 5.33. The van der Waals surface area contributed by atoms with Crippen LogP contribution in [-0.4, -0.2) is 28.8 Å². The first-order valence-corrected chi connectivity index (χ1v) is 9.41. The molecule has 1 aromatic heterocycles. The van der Waals surface area contributed by atoms with Gasteiger partial charge in [-0.25, -0.2) is 10.0 Å². The molecule has 0 atom stereocenters. The third kappa shape index (κ3) is 3.79. The van der Waals surface area contributed by atoms with E-state index in [0.29, 0.717) is 22.3 Å². The van der Waals surface area contributed by atoms with Crippen LogP contribution in [0.1, 0.15) is 18.2 Å². The van der Waals surface area contributed by atoms with Crippen molar-refractivity contribution in [2.45, 2.75) is 13.8 Å². The Bertz CT molecular complexity index is 1190. The van der Waals surface area contributed by atoms with E-state index >= 15 is 0 Å². The average Bonchev–Trinajstić information content (AvgIpc) is 2.95. The van der Waals surface area contributed by atoms with Crippen molar-refractivity contribution in [3.63, 3.8) is 0 Å². The van der Waals surface area contributed by atoms with Gasteiger partial charge in [0.15, 0.2) is 0 Å². The molecule has 0 aliphatic carbocycles. The molecule has 3 aromatic rings. The van der Waals surface area contributed by atoms with E-state index in [1.165, 1.54) is 5.01 Å². The molecule has 146 valence electrons. The van der Waals surface area contributed by atoms with Gasteiger partial charge < -0.3 is 4.74 Å². The largest absolute Gasteiger partial charge is 0.497 e. The lowest BCUT2D eigenvalue weighted by atomic mass is 10.1. The Kier molecular flexibility index (Phi) is 4.94. The summed E-state index contributed by atoms with van der Waals surface area (Å²) in [6.45, 7) is 3.69. The predicted molar refractivity (Wildman–Crippen MR) is 116 cm³/mol. The van der Waals surface area contributed by atoms with Gasteiger partial charge in [-0.1, -0.05) is 23.7 Å². The highest BCUT2D eigenvalue weighted by atomic mass is 35.5. The number of ether oxygens (including phenoxy) is 1. The van der Waals surface area contributed by atoms with E-state index in [4.69, 9.17) is 16.3 Å². The third-order valence-electron chi connectivity index (χ3n) is 4.56. The molecule has 2 aromatic carbocycles. The minimum atomic E-state index is -0.243. The van der Waals surface area contributed by atoms with Gasteiger partial charge in [0, 0.05) is 16.1 Å². The van der Waals surface area contributed by atoms with Crippen LogP contribution in [0.25, 0.3) is 17.0 Å². The summed E-state index contributed by atoms with van der Waals surface area (Å²) in [4.78, 5) is 21.9. The van der Waals surface area contributed by atoms with E-state index < -0.39 is 0 Å². The lowest BCUT2D eigenvalue weighted by Gasteiger charge is -2.20. The highest BCUT2D eigenvalue weighted by Crippen LogP contribution is 2.29. The number of amidine groups is 1. The number of halogens is 1. The van der Waals surface area contributed by atoms with Gasteiger partial charge in [0.25, 0.3) is 5.91 Å². The fourth-order valence-electron chi connectivity index (χ4n) is 3.19. The summed E-state index contributed by atoms with van der Waals surface area (Å²) in [6, 6.07) is 14.8.